The largest absolute Gasteiger partial charge is 0.481 e. The van der Waals surface area contributed by atoms with Crippen LogP contribution in [-0.4, -0.2) is 51.8 Å². The molecule has 1 aliphatic rings. The van der Waals surface area contributed by atoms with Crippen LogP contribution in [0.4, 0.5) is 4.79 Å². The van der Waals surface area contributed by atoms with Crippen molar-refractivity contribution < 1.29 is 19.8 Å². The molecule has 0 aromatic heterocycles. The van der Waals surface area contributed by atoms with E-state index in [0.717, 1.165) is 19.3 Å². The van der Waals surface area contributed by atoms with E-state index >= 15 is 0 Å². The number of amides is 2. The number of hydrogen-bond donors (Lipinski definition) is 3. The fourth-order valence-electron chi connectivity index (χ4n) is 2.02. The normalized spacial score (nSPS) is 16.4. The van der Waals surface area contributed by atoms with Crippen LogP contribution in [0.2, 0.25) is 0 Å². The summed E-state index contributed by atoms with van der Waals surface area (Å²) in [5.74, 6) is -0.958. The fourth-order valence-corrected chi connectivity index (χ4v) is 2.02. The lowest BCUT2D eigenvalue weighted by molar-refractivity contribution is -0.150. The van der Waals surface area contributed by atoms with Crippen molar-refractivity contribution in [3.8, 4) is 0 Å². The molecule has 6 heteroatoms. The van der Waals surface area contributed by atoms with Crippen molar-refractivity contribution in [1.29, 1.82) is 0 Å². The molecule has 0 aliphatic heterocycles. The zero-order chi connectivity index (χ0) is 15.6. The highest BCUT2D eigenvalue weighted by Gasteiger charge is 2.45. The van der Waals surface area contributed by atoms with Gasteiger partial charge in [-0.1, -0.05) is 0 Å². The number of rotatable bonds is 6. The maximum atomic E-state index is 12.4. The van der Waals surface area contributed by atoms with E-state index in [-0.39, 0.29) is 25.2 Å². The van der Waals surface area contributed by atoms with E-state index in [9.17, 15) is 14.7 Å². The summed E-state index contributed by atoms with van der Waals surface area (Å²) in [6.07, 6.45) is 2.97. The van der Waals surface area contributed by atoms with Crippen molar-refractivity contribution >= 4 is 12.0 Å². The van der Waals surface area contributed by atoms with Crippen LogP contribution >= 0.6 is 0 Å². The Kier molecular flexibility index (Phi) is 5.02. The second-order valence-corrected chi connectivity index (χ2v) is 6.49. The number of nitrogens with zero attached hydrogens (tertiary/aromatic N) is 1. The Morgan fingerprint density at radius 1 is 1.25 bits per heavy atom. The van der Waals surface area contributed by atoms with Gasteiger partial charge in [0.25, 0.3) is 0 Å². The molecule has 6 nitrogen and oxygen atoms in total. The van der Waals surface area contributed by atoms with Crippen LogP contribution in [0.3, 0.4) is 0 Å². The van der Waals surface area contributed by atoms with E-state index in [4.69, 9.17) is 5.11 Å². The molecule has 0 unspecified atom stereocenters. The average molecular weight is 286 g/mol. The molecule has 0 bridgehead atoms. The molecule has 1 fully saturated rings. The summed E-state index contributed by atoms with van der Waals surface area (Å²) >= 11 is 0. The van der Waals surface area contributed by atoms with Gasteiger partial charge in [0.1, 0.15) is 0 Å². The van der Waals surface area contributed by atoms with Gasteiger partial charge in [-0.25, -0.2) is 4.79 Å². The molecule has 0 saturated heterocycles. The summed E-state index contributed by atoms with van der Waals surface area (Å²) in [5, 5.41) is 21.2. The third-order valence-electron chi connectivity index (χ3n) is 4.63. The summed E-state index contributed by atoms with van der Waals surface area (Å²) in [6, 6.07) is -0.144. The molecule has 1 rings (SSSR count). The van der Waals surface area contributed by atoms with Crippen LogP contribution in [0.15, 0.2) is 0 Å². The van der Waals surface area contributed by atoms with Crippen LogP contribution in [-0.2, 0) is 4.79 Å². The zero-order valence-corrected chi connectivity index (χ0v) is 12.8. The molecule has 0 radical (unpaired) electrons. The second-order valence-electron chi connectivity index (χ2n) is 6.49. The molecule has 3 N–H and O–H groups in total. The Labute approximate surface area is 120 Å². The van der Waals surface area contributed by atoms with Gasteiger partial charge >= 0.3 is 12.0 Å². The summed E-state index contributed by atoms with van der Waals surface area (Å²) in [5.41, 5.74) is -1.99. The Bertz CT molecular complexity index is 375. The fraction of sp³-hybridized carbons (Fsp3) is 0.857. The minimum atomic E-state index is -1.09. The van der Waals surface area contributed by atoms with Crippen molar-refractivity contribution in [1.82, 2.24) is 10.2 Å². The Morgan fingerprint density at radius 2 is 1.80 bits per heavy atom. The maximum Gasteiger partial charge on any atom is 0.318 e. The second kappa shape index (κ2) is 5.99. The predicted octanol–water partition coefficient (Wildman–Crippen LogP) is 1.43. The number of hydrogen-bond acceptors (Lipinski definition) is 3. The van der Waals surface area contributed by atoms with Gasteiger partial charge in [0.2, 0.25) is 0 Å². The first-order valence-corrected chi connectivity index (χ1v) is 7.06. The van der Waals surface area contributed by atoms with Crippen LogP contribution in [0, 0.1) is 5.41 Å². The lowest BCUT2D eigenvalue weighted by Gasteiger charge is -2.43. The number of aliphatic hydroxyl groups excluding tert-OH is 1. The first-order valence-electron chi connectivity index (χ1n) is 7.06. The predicted molar refractivity (Wildman–Crippen MR) is 75.5 cm³/mol. The standard InChI is InChI=1S/C14H26N2O4/c1-13(2,11(18)19)14(3,4)15-12(20)16(8-9-17)10-6-5-7-10/h10,17H,5-9H2,1-4H3,(H,15,20)(H,18,19). The molecule has 0 atom stereocenters. The molecule has 0 spiro atoms. The number of aliphatic hydroxyl groups is 1. The van der Waals surface area contributed by atoms with Gasteiger partial charge in [0.15, 0.2) is 0 Å². The number of carbonyl (C=O) groups excluding carboxylic acids is 1. The Balaban J connectivity index is 2.78. The van der Waals surface area contributed by atoms with Gasteiger partial charge in [-0.2, -0.15) is 0 Å². The third-order valence-corrected chi connectivity index (χ3v) is 4.63. The smallest absolute Gasteiger partial charge is 0.318 e. The van der Waals surface area contributed by atoms with Gasteiger partial charge in [-0.05, 0) is 47.0 Å². The van der Waals surface area contributed by atoms with Gasteiger partial charge in [-0.3, -0.25) is 4.79 Å². The van der Waals surface area contributed by atoms with E-state index in [0.29, 0.717) is 0 Å². The van der Waals surface area contributed by atoms with E-state index in [1.807, 2.05) is 0 Å². The van der Waals surface area contributed by atoms with Gasteiger partial charge < -0.3 is 20.4 Å². The summed E-state index contributed by atoms with van der Waals surface area (Å²) in [4.78, 5) is 25.3. The highest BCUT2D eigenvalue weighted by atomic mass is 16.4. The number of urea groups is 1. The van der Waals surface area contributed by atoms with Crippen molar-refractivity contribution in [2.24, 2.45) is 5.41 Å². The van der Waals surface area contributed by atoms with Gasteiger partial charge in [0, 0.05) is 12.6 Å². The summed E-state index contributed by atoms with van der Waals surface area (Å²) < 4.78 is 0. The minimum absolute atomic E-state index is 0.0906. The topological polar surface area (TPSA) is 89.9 Å². The number of aliphatic carboxylic acids is 1. The minimum Gasteiger partial charge on any atom is -0.481 e. The number of nitrogens with one attached hydrogen (secondary N) is 1. The van der Waals surface area contributed by atoms with Crippen molar-refractivity contribution in [3.05, 3.63) is 0 Å². The van der Waals surface area contributed by atoms with Crippen molar-refractivity contribution in [3.63, 3.8) is 0 Å². The first kappa shape index (κ1) is 16.8. The average Bonchev–Trinajstić information content (AvgIpc) is 2.24. The lowest BCUT2D eigenvalue weighted by Crippen LogP contribution is -2.61. The maximum absolute atomic E-state index is 12.4. The molecule has 1 saturated carbocycles. The molecule has 1 aliphatic carbocycles. The third kappa shape index (κ3) is 3.23. The number of carboxylic acid groups (broad SMARTS) is 1. The van der Waals surface area contributed by atoms with E-state index < -0.39 is 16.9 Å². The van der Waals surface area contributed by atoms with Crippen molar-refractivity contribution in [2.75, 3.05) is 13.2 Å². The number of carboxylic acids is 1. The van der Waals surface area contributed by atoms with Crippen LogP contribution in [0.1, 0.15) is 47.0 Å². The van der Waals surface area contributed by atoms with Crippen LogP contribution in [0.5, 0.6) is 0 Å². The van der Waals surface area contributed by atoms with Crippen molar-refractivity contribution in [2.45, 2.75) is 58.5 Å². The molecular weight excluding hydrogens is 260 g/mol. The SMILES string of the molecule is CC(C)(NC(=O)N(CCO)C1CCC1)C(C)(C)C(=O)O. The molecule has 0 heterocycles. The van der Waals surface area contributed by atoms with Crippen LogP contribution in [0.25, 0.3) is 0 Å². The molecule has 0 aromatic rings. The Morgan fingerprint density at radius 3 is 2.15 bits per heavy atom. The Hall–Kier alpha value is -1.30. The summed E-state index contributed by atoms with van der Waals surface area (Å²) in [6.45, 7) is 6.78. The molecule has 116 valence electrons. The van der Waals surface area contributed by atoms with E-state index in [1.165, 1.54) is 0 Å². The van der Waals surface area contributed by atoms with Crippen LogP contribution < -0.4 is 5.32 Å². The molecule has 0 aromatic carbocycles. The van der Waals surface area contributed by atoms with E-state index in [2.05, 4.69) is 5.32 Å². The monoisotopic (exact) mass is 286 g/mol. The molecular formula is C14H26N2O4. The quantitative estimate of drug-likeness (QED) is 0.689. The zero-order valence-electron chi connectivity index (χ0n) is 12.8. The molecule has 2 amide bonds. The van der Waals surface area contributed by atoms with Gasteiger partial charge in [-0.15, -0.1) is 0 Å². The molecule has 20 heavy (non-hydrogen) atoms. The van der Waals surface area contributed by atoms with E-state index in [1.54, 1.807) is 32.6 Å². The highest BCUT2D eigenvalue weighted by Crippen LogP contribution is 2.31. The van der Waals surface area contributed by atoms with Gasteiger partial charge in [0.05, 0.1) is 17.6 Å². The number of carbonyl (C=O) groups is 2. The first-order chi connectivity index (χ1) is 9.13. The highest BCUT2D eigenvalue weighted by molar-refractivity contribution is 5.80. The lowest BCUT2D eigenvalue weighted by atomic mass is 9.74. The summed E-state index contributed by atoms with van der Waals surface area (Å²) in [7, 11) is 0.